The molecule has 0 amide bonds. The zero-order chi connectivity index (χ0) is 17.8. The van der Waals surface area contributed by atoms with Gasteiger partial charge in [-0.05, 0) is 29.8 Å². The first-order valence-corrected chi connectivity index (χ1v) is 9.64. The van der Waals surface area contributed by atoms with Crippen molar-refractivity contribution in [2.24, 2.45) is 0 Å². The number of rotatable bonds is 2. The van der Waals surface area contributed by atoms with Crippen molar-refractivity contribution in [1.82, 2.24) is 0 Å². The summed E-state index contributed by atoms with van der Waals surface area (Å²) in [7, 11) is -3.77. The summed E-state index contributed by atoms with van der Waals surface area (Å²) in [5, 5.41) is 0.128. The van der Waals surface area contributed by atoms with E-state index in [0.29, 0.717) is 23.5 Å². The molecule has 0 radical (unpaired) electrons. The number of sulfonamides is 1. The molecule has 4 nitrogen and oxygen atoms in total. The second-order valence-corrected chi connectivity index (χ2v) is 8.52. The molecule has 2 aliphatic heterocycles. The largest absolute Gasteiger partial charge is 0.486 e. The first kappa shape index (κ1) is 16.4. The first-order chi connectivity index (χ1) is 11.9. The molecule has 130 valence electrons. The quantitative estimate of drug-likeness (QED) is 0.786. The normalized spacial score (nSPS) is 19.1. The lowest BCUT2D eigenvalue weighted by Gasteiger charge is -2.25. The van der Waals surface area contributed by atoms with Crippen molar-refractivity contribution in [2.75, 3.05) is 17.5 Å². The van der Waals surface area contributed by atoms with E-state index < -0.39 is 15.8 Å². The average molecular weight is 380 g/mol. The lowest BCUT2D eigenvalue weighted by molar-refractivity contribution is 0.352. The summed E-state index contributed by atoms with van der Waals surface area (Å²) in [6, 6.07) is 9.81. The van der Waals surface area contributed by atoms with Crippen LogP contribution in [0.15, 0.2) is 41.3 Å². The molecule has 2 aliphatic rings. The Labute approximate surface area is 150 Å². The third kappa shape index (κ3) is 2.60. The fourth-order valence-electron chi connectivity index (χ4n) is 3.29. The average Bonchev–Trinajstić information content (AvgIpc) is 2.92. The Balaban J connectivity index is 1.79. The molecule has 2 heterocycles. The summed E-state index contributed by atoms with van der Waals surface area (Å²) in [4.78, 5) is 0.0885. The zero-order valence-electron chi connectivity index (χ0n) is 13.4. The second-order valence-electron chi connectivity index (χ2n) is 6.20. The highest BCUT2D eigenvalue weighted by Gasteiger charge is 2.37. The molecule has 4 rings (SSSR count). The van der Waals surface area contributed by atoms with E-state index in [1.807, 2.05) is 25.1 Å². The van der Waals surface area contributed by atoms with Gasteiger partial charge in [-0.2, -0.15) is 0 Å². The van der Waals surface area contributed by atoms with Crippen LogP contribution in [0.25, 0.3) is 6.08 Å². The Morgan fingerprint density at radius 2 is 2.04 bits per heavy atom. The Bertz CT molecular complexity index is 1000. The summed E-state index contributed by atoms with van der Waals surface area (Å²) in [6.45, 7) is 2.23. The van der Waals surface area contributed by atoms with Crippen LogP contribution in [0, 0.1) is 5.82 Å². The van der Waals surface area contributed by atoms with E-state index in [-0.39, 0.29) is 22.5 Å². The maximum Gasteiger partial charge on any atom is 0.263 e. The Hall–Kier alpha value is -2.05. The molecule has 7 heteroatoms. The molecule has 0 N–H and O–H groups in total. The molecule has 0 aliphatic carbocycles. The summed E-state index contributed by atoms with van der Waals surface area (Å²) < 4.78 is 46.8. The fourth-order valence-corrected chi connectivity index (χ4v) is 5.17. The number of hydrogen-bond acceptors (Lipinski definition) is 3. The number of ether oxygens (including phenoxy) is 1. The van der Waals surface area contributed by atoms with E-state index in [4.69, 9.17) is 16.3 Å². The van der Waals surface area contributed by atoms with Crippen molar-refractivity contribution in [1.29, 1.82) is 0 Å². The van der Waals surface area contributed by atoms with E-state index in [1.54, 1.807) is 6.07 Å². The minimum Gasteiger partial charge on any atom is -0.486 e. The fraction of sp³-hybridized carbons (Fsp3) is 0.222. The highest BCUT2D eigenvalue weighted by atomic mass is 35.5. The number of fused-ring (bicyclic) bond motifs is 2. The number of halogens is 2. The number of hydrogen-bond donors (Lipinski definition) is 0. The van der Waals surface area contributed by atoms with Gasteiger partial charge in [0.25, 0.3) is 10.0 Å². The number of nitrogens with zero attached hydrogens (tertiary/aromatic N) is 1. The van der Waals surface area contributed by atoms with Crippen molar-refractivity contribution in [3.8, 4) is 5.75 Å². The van der Waals surface area contributed by atoms with Crippen LogP contribution in [0.1, 0.15) is 24.0 Å². The zero-order valence-corrected chi connectivity index (χ0v) is 14.9. The van der Waals surface area contributed by atoms with Gasteiger partial charge in [-0.25, -0.2) is 12.8 Å². The van der Waals surface area contributed by atoms with Crippen LogP contribution in [-0.2, 0) is 10.0 Å². The molecule has 25 heavy (non-hydrogen) atoms. The smallest absolute Gasteiger partial charge is 0.263 e. The van der Waals surface area contributed by atoms with Gasteiger partial charge in [0.05, 0.1) is 10.7 Å². The Morgan fingerprint density at radius 1 is 1.28 bits per heavy atom. The molecule has 0 spiro atoms. The maximum absolute atomic E-state index is 13.6. The van der Waals surface area contributed by atoms with Gasteiger partial charge in [0.1, 0.15) is 23.1 Å². The van der Waals surface area contributed by atoms with Crippen molar-refractivity contribution < 1.29 is 17.5 Å². The van der Waals surface area contributed by atoms with Crippen LogP contribution in [0.3, 0.4) is 0 Å². The molecule has 2 aromatic carbocycles. The lowest BCUT2D eigenvalue weighted by Crippen LogP contribution is -2.33. The molecule has 0 bridgehead atoms. The molecule has 1 atom stereocenters. The van der Waals surface area contributed by atoms with Gasteiger partial charge in [0.15, 0.2) is 0 Å². The first-order valence-electron chi connectivity index (χ1n) is 7.82. The summed E-state index contributed by atoms with van der Waals surface area (Å²) in [5.41, 5.74) is 2.01. The maximum atomic E-state index is 13.6. The van der Waals surface area contributed by atoms with Crippen molar-refractivity contribution in [3.05, 3.63) is 63.3 Å². The highest BCUT2D eigenvalue weighted by molar-refractivity contribution is 7.96. The van der Waals surface area contributed by atoms with Gasteiger partial charge in [-0.3, -0.25) is 4.31 Å². The summed E-state index contributed by atoms with van der Waals surface area (Å²) >= 11 is 5.97. The Kier molecular flexibility index (Phi) is 3.77. The van der Waals surface area contributed by atoms with Crippen LogP contribution < -0.4 is 9.04 Å². The van der Waals surface area contributed by atoms with Gasteiger partial charge < -0.3 is 4.74 Å². The van der Waals surface area contributed by atoms with Crippen LogP contribution in [0.2, 0.25) is 5.02 Å². The van der Waals surface area contributed by atoms with Crippen molar-refractivity contribution in [2.45, 2.75) is 12.8 Å². The molecular formula is C18H15ClFNO3S. The van der Waals surface area contributed by atoms with Crippen LogP contribution in [-0.4, -0.2) is 21.6 Å². The molecule has 0 saturated heterocycles. The molecule has 0 fully saturated rings. The molecular weight excluding hydrogens is 365 g/mol. The molecule has 0 saturated carbocycles. The van der Waals surface area contributed by atoms with Crippen LogP contribution >= 0.6 is 11.6 Å². The highest BCUT2D eigenvalue weighted by Crippen LogP contribution is 2.41. The van der Waals surface area contributed by atoms with E-state index in [9.17, 15) is 12.8 Å². The van der Waals surface area contributed by atoms with Gasteiger partial charge in [0, 0.05) is 18.0 Å². The van der Waals surface area contributed by atoms with E-state index in [2.05, 4.69) is 0 Å². The second kappa shape index (κ2) is 5.75. The molecule has 1 unspecified atom stereocenters. The monoisotopic (exact) mass is 379 g/mol. The minimum absolute atomic E-state index is 0.0885. The lowest BCUT2D eigenvalue weighted by atomic mass is 10.0. The standard InChI is InChI=1S/C18H15ClFNO3S/c1-11-9-21(17-5-3-2-4-15(11)17)25(22,23)14-7-12-6-13(20)8-16(19)18(12)24-10-14/h2-8,11H,9-10H2,1H3. The minimum atomic E-state index is -3.77. The Morgan fingerprint density at radius 3 is 2.84 bits per heavy atom. The number of para-hydroxylation sites is 1. The predicted molar refractivity (Wildman–Crippen MR) is 96.0 cm³/mol. The van der Waals surface area contributed by atoms with E-state index >= 15 is 0 Å². The van der Waals surface area contributed by atoms with E-state index in [1.165, 1.54) is 16.4 Å². The molecule has 0 aromatic heterocycles. The van der Waals surface area contributed by atoms with Gasteiger partial charge >= 0.3 is 0 Å². The van der Waals surface area contributed by atoms with Gasteiger partial charge in [-0.1, -0.05) is 36.7 Å². The molecule has 2 aromatic rings. The van der Waals surface area contributed by atoms with Gasteiger partial charge in [-0.15, -0.1) is 0 Å². The number of benzene rings is 2. The van der Waals surface area contributed by atoms with Crippen molar-refractivity contribution >= 4 is 33.4 Å². The topological polar surface area (TPSA) is 46.6 Å². The van der Waals surface area contributed by atoms with Crippen LogP contribution in [0.4, 0.5) is 10.1 Å². The SMILES string of the molecule is CC1CN(S(=O)(=O)C2=Cc3cc(F)cc(Cl)c3OC2)c2ccccc21. The third-order valence-corrected chi connectivity index (χ3v) is 6.62. The predicted octanol–water partition coefficient (Wildman–Crippen LogP) is 4.17. The number of anilines is 1. The van der Waals surface area contributed by atoms with Crippen LogP contribution in [0.5, 0.6) is 5.75 Å². The van der Waals surface area contributed by atoms with Gasteiger partial charge in [0.2, 0.25) is 0 Å². The van der Waals surface area contributed by atoms with E-state index in [0.717, 1.165) is 11.6 Å². The third-order valence-electron chi connectivity index (χ3n) is 4.51. The van der Waals surface area contributed by atoms with Crippen molar-refractivity contribution in [3.63, 3.8) is 0 Å². The summed E-state index contributed by atoms with van der Waals surface area (Å²) in [5.74, 6) is -0.130. The summed E-state index contributed by atoms with van der Waals surface area (Å²) in [6.07, 6.45) is 1.44.